The Balaban J connectivity index is 0.00000484. The molecule has 132 valence electrons. The number of hydrogen-bond donors (Lipinski definition) is 3. The van der Waals surface area contributed by atoms with Crippen molar-refractivity contribution in [3.8, 4) is 0 Å². The van der Waals surface area contributed by atoms with Gasteiger partial charge in [-0.25, -0.2) is 18.1 Å². The molecular weight excluding hydrogens is 431 g/mol. The van der Waals surface area contributed by atoms with Gasteiger partial charge in [0.25, 0.3) is 0 Å². The molecule has 0 fully saturated rings. The van der Waals surface area contributed by atoms with E-state index >= 15 is 0 Å². The molecule has 0 aliphatic rings. The van der Waals surface area contributed by atoms with Crippen LogP contribution in [0, 0.1) is 0 Å². The van der Waals surface area contributed by atoms with Gasteiger partial charge < -0.3 is 15.8 Å². The third-order valence-electron chi connectivity index (χ3n) is 2.82. The highest BCUT2D eigenvalue weighted by Crippen LogP contribution is 2.11. The van der Waals surface area contributed by atoms with Crippen LogP contribution in [-0.4, -0.2) is 41.2 Å². The first kappa shape index (κ1) is 22.1. The van der Waals surface area contributed by atoms with Crippen LogP contribution in [0.3, 0.4) is 0 Å². The molecule has 0 spiro atoms. The van der Waals surface area contributed by atoms with Gasteiger partial charge in [-0.15, -0.1) is 24.0 Å². The number of nitrogens with two attached hydrogens (primary N) is 1. The molecule has 0 atom stereocenters. The molecule has 0 aliphatic carbocycles. The van der Waals surface area contributed by atoms with Gasteiger partial charge in [-0.05, 0) is 24.1 Å². The first-order valence-electron chi connectivity index (χ1n) is 7.11. The van der Waals surface area contributed by atoms with Crippen LogP contribution < -0.4 is 15.8 Å². The number of halogens is 1. The van der Waals surface area contributed by atoms with E-state index in [1.54, 1.807) is 24.3 Å². The molecule has 0 saturated heterocycles. The van der Waals surface area contributed by atoms with E-state index in [1.165, 1.54) is 7.11 Å². The van der Waals surface area contributed by atoms with Crippen molar-refractivity contribution < 1.29 is 13.2 Å². The van der Waals surface area contributed by atoms with E-state index in [0.717, 1.165) is 18.5 Å². The topological polar surface area (TPSA) is 106 Å². The number of methoxy groups -OCH3 is 1. The minimum atomic E-state index is -3.50. The minimum absolute atomic E-state index is 0. The maximum Gasteiger partial charge on any atom is 0.240 e. The predicted molar refractivity (Wildman–Crippen MR) is 103 cm³/mol. The monoisotopic (exact) mass is 456 g/mol. The molecule has 0 bridgehead atoms. The Morgan fingerprint density at radius 2 is 1.91 bits per heavy atom. The van der Waals surface area contributed by atoms with Crippen LogP contribution in [0.25, 0.3) is 0 Å². The second-order valence-electron chi connectivity index (χ2n) is 4.66. The van der Waals surface area contributed by atoms with Gasteiger partial charge in [0, 0.05) is 20.2 Å². The lowest BCUT2D eigenvalue weighted by atomic mass is 10.2. The number of benzene rings is 1. The normalized spacial score (nSPS) is 11.8. The van der Waals surface area contributed by atoms with Crippen molar-refractivity contribution in [1.82, 2.24) is 10.0 Å². The summed E-state index contributed by atoms with van der Waals surface area (Å²) >= 11 is 0. The van der Waals surface area contributed by atoms with Crippen LogP contribution in [0.4, 0.5) is 0 Å². The molecule has 0 aromatic heterocycles. The van der Waals surface area contributed by atoms with Gasteiger partial charge in [-0.1, -0.05) is 19.1 Å². The van der Waals surface area contributed by atoms with Crippen molar-refractivity contribution in [1.29, 1.82) is 0 Å². The lowest BCUT2D eigenvalue weighted by molar-refractivity contribution is 0.204. The Hall–Kier alpha value is -0.910. The Morgan fingerprint density at radius 3 is 2.48 bits per heavy atom. The molecule has 23 heavy (non-hydrogen) atoms. The molecule has 0 radical (unpaired) electrons. The summed E-state index contributed by atoms with van der Waals surface area (Å²) in [5.41, 5.74) is 6.58. The zero-order valence-corrected chi connectivity index (χ0v) is 16.6. The van der Waals surface area contributed by atoms with Crippen LogP contribution >= 0.6 is 24.0 Å². The fourth-order valence-electron chi connectivity index (χ4n) is 1.62. The van der Waals surface area contributed by atoms with Crippen LogP contribution in [0.2, 0.25) is 0 Å². The third-order valence-corrected chi connectivity index (χ3v) is 4.30. The summed E-state index contributed by atoms with van der Waals surface area (Å²) in [7, 11) is -1.98. The molecule has 0 amide bonds. The first-order chi connectivity index (χ1) is 10.5. The van der Waals surface area contributed by atoms with E-state index in [4.69, 9.17) is 10.5 Å². The van der Waals surface area contributed by atoms with Crippen molar-refractivity contribution in [2.24, 2.45) is 10.7 Å². The number of nitrogens with one attached hydrogen (secondary N) is 2. The molecule has 0 unspecified atom stereocenters. The fourth-order valence-corrected chi connectivity index (χ4v) is 2.63. The smallest absolute Gasteiger partial charge is 0.240 e. The van der Waals surface area contributed by atoms with Crippen LogP contribution in [-0.2, 0) is 21.3 Å². The Kier molecular flexibility index (Phi) is 11.1. The van der Waals surface area contributed by atoms with Crippen molar-refractivity contribution in [3.05, 3.63) is 29.8 Å². The molecular formula is C14H25IN4O3S. The predicted octanol–water partition coefficient (Wildman–Crippen LogP) is 1.04. The summed E-state index contributed by atoms with van der Waals surface area (Å²) in [4.78, 5) is 4.40. The Morgan fingerprint density at radius 1 is 1.26 bits per heavy atom. The van der Waals surface area contributed by atoms with Gasteiger partial charge in [-0.2, -0.15) is 0 Å². The molecule has 9 heteroatoms. The van der Waals surface area contributed by atoms with E-state index < -0.39 is 10.0 Å². The SMILES string of the molecule is CCCNC(N)=NCc1ccc(S(=O)(=O)NCCOC)cc1.I. The number of rotatable bonds is 9. The van der Waals surface area contributed by atoms with Crippen LogP contribution in [0.5, 0.6) is 0 Å². The summed E-state index contributed by atoms with van der Waals surface area (Å²) < 4.78 is 31.2. The Labute approximate surface area is 155 Å². The lowest BCUT2D eigenvalue weighted by Crippen LogP contribution is -2.32. The van der Waals surface area contributed by atoms with Gasteiger partial charge in [0.2, 0.25) is 10.0 Å². The molecule has 1 aromatic carbocycles. The van der Waals surface area contributed by atoms with E-state index in [0.29, 0.717) is 19.1 Å². The van der Waals surface area contributed by atoms with Crippen LogP contribution in [0.1, 0.15) is 18.9 Å². The van der Waals surface area contributed by atoms with Gasteiger partial charge in [-0.3, -0.25) is 0 Å². The highest BCUT2D eigenvalue weighted by atomic mass is 127. The number of hydrogen-bond acceptors (Lipinski definition) is 4. The molecule has 0 heterocycles. The maximum atomic E-state index is 12.0. The van der Waals surface area contributed by atoms with Gasteiger partial charge in [0.05, 0.1) is 18.0 Å². The third kappa shape index (κ3) is 8.49. The largest absolute Gasteiger partial charge is 0.383 e. The standard InChI is InChI=1S/C14H24N4O3S.HI/c1-3-8-16-14(15)17-11-12-4-6-13(7-5-12)22(19,20)18-9-10-21-2;/h4-7,18H,3,8-11H2,1-2H3,(H3,15,16,17);1H. The lowest BCUT2D eigenvalue weighted by Gasteiger charge is -2.07. The number of nitrogens with zero attached hydrogens (tertiary/aromatic N) is 1. The second-order valence-corrected chi connectivity index (χ2v) is 6.43. The van der Waals surface area contributed by atoms with Gasteiger partial charge in [0.1, 0.15) is 0 Å². The average Bonchev–Trinajstić information content (AvgIpc) is 2.51. The average molecular weight is 456 g/mol. The molecule has 0 aliphatic heterocycles. The summed E-state index contributed by atoms with van der Waals surface area (Å²) in [6.45, 7) is 3.79. The maximum absolute atomic E-state index is 12.0. The van der Waals surface area contributed by atoms with Gasteiger partial charge in [0.15, 0.2) is 5.96 Å². The molecule has 1 rings (SSSR count). The highest BCUT2D eigenvalue weighted by Gasteiger charge is 2.12. The first-order valence-corrected chi connectivity index (χ1v) is 8.59. The number of aliphatic imine (C=N–C) groups is 1. The quantitative estimate of drug-likeness (QED) is 0.223. The summed E-state index contributed by atoms with van der Waals surface area (Å²) in [6.07, 6.45) is 0.971. The van der Waals surface area contributed by atoms with E-state index in [2.05, 4.69) is 15.0 Å². The zero-order valence-electron chi connectivity index (χ0n) is 13.4. The number of sulfonamides is 1. The summed E-state index contributed by atoms with van der Waals surface area (Å²) in [6, 6.07) is 6.55. The summed E-state index contributed by atoms with van der Waals surface area (Å²) in [5, 5.41) is 2.98. The molecule has 7 nitrogen and oxygen atoms in total. The zero-order chi connectivity index (χ0) is 16.4. The minimum Gasteiger partial charge on any atom is -0.383 e. The molecule has 0 saturated carbocycles. The highest BCUT2D eigenvalue weighted by molar-refractivity contribution is 14.0. The Bertz CT molecular complexity index is 576. The van der Waals surface area contributed by atoms with E-state index in [1.807, 2.05) is 6.92 Å². The summed E-state index contributed by atoms with van der Waals surface area (Å²) in [5.74, 6) is 0.389. The molecule has 4 N–H and O–H groups in total. The van der Waals surface area contributed by atoms with Gasteiger partial charge >= 0.3 is 0 Å². The number of ether oxygens (including phenoxy) is 1. The fraction of sp³-hybridized carbons (Fsp3) is 0.500. The van der Waals surface area contributed by atoms with Crippen molar-refractivity contribution >= 4 is 40.0 Å². The second kappa shape index (κ2) is 11.6. The van der Waals surface area contributed by atoms with Crippen molar-refractivity contribution in [3.63, 3.8) is 0 Å². The molecule has 1 aromatic rings. The van der Waals surface area contributed by atoms with Crippen LogP contribution in [0.15, 0.2) is 34.2 Å². The van der Waals surface area contributed by atoms with E-state index in [9.17, 15) is 8.42 Å². The number of guanidine groups is 1. The van der Waals surface area contributed by atoms with E-state index in [-0.39, 0.29) is 35.4 Å². The van der Waals surface area contributed by atoms with Crippen molar-refractivity contribution in [2.75, 3.05) is 26.8 Å². The van der Waals surface area contributed by atoms with Crippen molar-refractivity contribution in [2.45, 2.75) is 24.8 Å².